The first-order valence-electron chi connectivity index (χ1n) is 3.10. The summed E-state index contributed by atoms with van der Waals surface area (Å²) < 4.78 is 24.9. The average molecular weight is 277 g/mol. The molecule has 1 unspecified atom stereocenters. The Labute approximate surface area is 77.8 Å². The summed E-state index contributed by atoms with van der Waals surface area (Å²) in [7, 11) is 0. The zero-order chi connectivity index (χ0) is 8.69. The normalized spacial score (nSPS) is 14.6. The fraction of sp³-hybridized carbons (Fsp3) is 0.667. The zero-order valence-corrected chi connectivity index (χ0v) is 7.96. The molecule has 0 saturated heterocycles. The second kappa shape index (κ2) is 6.93. The second-order valence-corrected chi connectivity index (χ2v) is 2.63. The van der Waals surface area contributed by atoms with Crippen LogP contribution in [0.25, 0.3) is 0 Å². The molecule has 0 heterocycles. The van der Waals surface area contributed by atoms with Crippen LogP contribution in [0.3, 0.4) is 0 Å². The van der Waals surface area contributed by atoms with Crippen molar-refractivity contribution in [1.29, 1.82) is 0 Å². The molecule has 0 saturated carbocycles. The van der Waals surface area contributed by atoms with E-state index >= 15 is 0 Å². The van der Waals surface area contributed by atoms with Crippen molar-refractivity contribution in [3.63, 3.8) is 0 Å². The monoisotopic (exact) mass is 277 g/mol. The SMILES string of the molecule is OCC(C=CI)NCC(F)F. The maximum absolute atomic E-state index is 11.6. The summed E-state index contributed by atoms with van der Waals surface area (Å²) in [4.78, 5) is 0. The van der Waals surface area contributed by atoms with E-state index in [4.69, 9.17) is 5.11 Å². The quantitative estimate of drug-likeness (QED) is 0.739. The number of nitrogens with one attached hydrogen (secondary N) is 1. The molecule has 0 aromatic heterocycles. The summed E-state index contributed by atoms with van der Waals surface area (Å²) in [5.74, 6) is 0. The molecule has 0 aliphatic rings. The topological polar surface area (TPSA) is 32.3 Å². The van der Waals surface area contributed by atoms with Gasteiger partial charge in [-0.25, -0.2) is 8.78 Å². The number of aliphatic hydroxyl groups excluding tert-OH is 1. The molecule has 0 rings (SSSR count). The molecule has 0 aromatic rings. The van der Waals surface area contributed by atoms with Gasteiger partial charge in [0.05, 0.1) is 13.2 Å². The van der Waals surface area contributed by atoms with E-state index in [0.29, 0.717) is 0 Å². The van der Waals surface area contributed by atoms with Crippen molar-refractivity contribution in [3.8, 4) is 0 Å². The lowest BCUT2D eigenvalue weighted by Gasteiger charge is -2.10. The predicted octanol–water partition coefficient (Wildman–Crippen LogP) is 1.15. The van der Waals surface area contributed by atoms with Crippen LogP contribution in [0.5, 0.6) is 0 Å². The van der Waals surface area contributed by atoms with E-state index in [-0.39, 0.29) is 19.2 Å². The Morgan fingerprint density at radius 3 is 2.55 bits per heavy atom. The third kappa shape index (κ3) is 6.64. The van der Waals surface area contributed by atoms with Gasteiger partial charge in [0.15, 0.2) is 0 Å². The smallest absolute Gasteiger partial charge is 0.250 e. The van der Waals surface area contributed by atoms with Crippen LogP contribution in [0.2, 0.25) is 0 Å². The van der Waals surface area contributed by atoms with Crippen molar-refractivity contribution in [2.45, 2.75) is 12.5 Å². The van der Waals surface area contributed by atoms with E-state index in [1.54, 1.807) is 10.2 Å². The van der Waals surface area contributed by atoms with Gasteiger partial charge in [-0.2, -0.15) is 0 Å². The van der Waals surface area contributed by atoms with E-state index < -0.39 is 6.43 Å². The molecule has 0 aliphatic heterocycles. The van der Waals surface area contributed by atoms with Crippen LogP contribution in [0.15, 0.2) is 10.2 Å². The van der Waals surface area contributed by atoms with Crippen molar-refractivity contribution < 1.29 is 13.9 Å². The minimum absolute atomic E-state index is 0.160. The second-order valence-electron chi connectivity index (χ2n) is 1.91. The Bertz CT molecular complexity index is 121. The minimum atomic E-state index is -2.37. The molecule has 0 fully saturated rings. The lowest BCUT2D eigenvalue weighted by molar-refractivity contribution is 0.138. The molecule has 1 atom stereocenters. The lowest BCUT2D eigenvalue weighted by Crippen LogP contribution is -2.34. The predicted molar refractivity (Wildman–Crippen MR) is 48.0 cm³/mol. The summed E-state index contributed by atoms with van der Waals surface area (Å²) in [6.07, 6.45) is -0.741. The van der Waals surface area contributed by atoms with Crippen molar-refractivity contribution in [3.05, 3.63) is 10.2 Å². The number of hydrogen-bond acceptors (Lipinski definition) is 2. The molecule has 2 N–H and O–H groups in total. The molecule has 0 spiro atoms. The van der Waals surface area contributed by atoms with Gasteiger partial charge in [-0.05, 0) is 4.08 Å². The summed E-state index contributed by atoms with van der Waals surface area (Å²) >= 11 is 1.96. The number of alkyl halides is 2. The third-order valence-electron chi connectivity index (χ3n) is 1.04. The molecule has 0 amide bonds. The first-order valence-corrected chi connectivity index (χ1v) is 4.34. The van der Waals surface area contributed by atoms with Crippen LogP contribution in [0.1, 0.15) is 0 Å². The third-order valence-corrected chi connectivity index (χ3v) is 1.45. The number of aliphatic hydroxyl groups is 1. The molecule has 0 aromatic carbocycles. The highest BCUT2D eigenvalue weighted by Gasteiger charge is 2.05. The highest BCUT2D eigenvalue weighted by molar-refractivity contribution is 14.1. The van der Waals surface area contributed by atoms with Crippen LogP contribution < -0.4 is 5.32 Å². The minimum Gasteiger partial charge on any atom is -0.394 e. The summed E-state index contributed by atoms with van der Waals surface area (Å²) in [5, 5.41) is 11.1. The van der Waals surface area contributed by atoms with Crippen LogP contribution in [0.4, 0.5) is 8.78 Å². The van der Waals surface area contributed by atoms with Crippen LogP contribution in [0, 0.1) is 0 Å². The summed E-state index contributed by atoms with van der Waals surface area (Å²) in [6.45, 7) is -0.543. The van der Waals surface area contributed by atoms with Crippen LogP contribution in [-0.2, 0) is 0 Å². The highest BCUT2D eigenvalue weighted by Crippen LogP contribution is 1.93. The van der Waals surface area contributed by atoms with E-state index in [1.807, 2.05) is 22.6 Å². The first kappa shape index (κ1) is 11.2. The van der Waals surface area contributed by atoms with E-state index in [1.165, 1.54) is 0 Å². The van der Waals surface area contributed by atoms with Gasteiger partial charge in [0.25, 0.3) is 6.43 Å². The molecule has 2 nitrogen and oxygen atoms in total. The van der Waals surface area contributed by atoms with Crippen LogP contribution in [-0.4, -0.2) is 30.7 Å². The van der Waals surface area contributed by atoms with Gasteiger partial charge in [-0.3, -0.25) is 0 Å². The molecular weight excluding hydrogens is 267 g/mol. The maximum Gasteiger partial charge on any atom is 0.250 e. The van der Waals surface area contributed by atoms with Gasteiger partial charge in [0.1, 0.15) is 0 Å². The van der Waals surface area contributed by atoms with Gasteiger partial charge >= 0.3 is 0 Å². The van der Waals surface area contributed by atoms with E-state index in [0.717, 1.165) is 0 Å². The van der Waals surface area contributed by atoms with Crippen molar-refractivity contribution >= 4 is 22.6 Å². The molecule has 0 bridgehead atoms. The average Bonchev–Trinajstić information content (AvgIpc) is 1.97. The highest BCUT2D eigenvalue weighted by atomic mass is 127. The maximum atomic E-state index is 11.6. The Kier molecular flexibility index (Phi) is 7.09. The summed E-state index contributed by atoms with van der Waals surface area (Å²) in [6, 6.07) is -0.360. The first-order chi connectivity index (χ1) is 5.20. The van der Waals surface area contributed by atoms with Gasteiger partial charge in [-0.15, -0.1) is 0 Å². The fourth-order valence-corrected chi connectivity index (χ4v) is 1.02. The Hall–Kier alpha value is 0.250. The van der Waals surface area contributed by atoms with Gasteiger partial charge in [-0.1, -0.05) is 28.7 Å². The molecule has 11 heavy (non-hydrogen) atoms. The van der Waals surface area contributed by atoms with Crippen molar-refractivity contribution in [2.75, 3.05) is 13.2 Å². The fourth-order valence-electron chi connectivity index (χ4n) is 0.522. The molecule has 66 valence electrons. The number of hydrogen-bond donors (Lipinski definition) is 2. The molecule has 0 aliphatic carbocycles. The number of halogens is 3. The number of rotatable bonds is 5. The Morgan fingerprint density at radius 2 is 2.18 bits per heavy atom. The van der Waals surface area contributed by atoms with Crippen LogP contribution >= 0.6 is 22.6 Å². The van der Waals surface area contributed by atoms with Crippen molar-refractivity contribution in [2.24, 2.45) is 0 Å². The Morgan fingerprint density at radius 1 is 1.55 bits per heavy atom. The molecule has 0 radical (unpaired) electrons. The molecular formula is C6H10F2INO. The summed E-state index contributed by atoms with van der Waals surface area (Å²) in [5.41, 5.74) is 0. The van der Waals surface area contributed by atoms with Crippen molar-refractivity contribution in [1.82, 2.24) is 5.32 Å². The standard InChI is InChI=1S/C6H10F2INO/c7-6(8)3-10-5(4-11)1-2-9/h1-2,5-6,10-11H,3-4H2. The zero-order valence-electron chi connectivity index (χ0n) is 5.80. The van der Waals surface area contributed by atoms with E-state index in [2.05, 4.69) is 5.32 Å². The lowest BCUT2D eigenvalue weighted by atomic mass is 10.3. The van der Waals surface area contributed by atoms with Gasteiger partial charge < -0.3 is 10.4 Å². The van der Waals surface area contributed by atoms with Gasteiger partial charge in [0.2, 0.25) is 0 Å². The largest absolute Gasteiger partial charge is 0.394 e. The molecule has 5 heteroatoms. The van der Waals surface area contributed by atoms with Gasteiger partial charge in [0, 0.05) is 6.04 Å². The Balaban J connectivity index is 3.52. The van der Waals surface area contributed by atoms with E-state index in [9.17, 15) is 8.78 Å².